The van der Waals surface area contributed by atoms with E-state index >= 15 is 0 Å². The molecule has 0 amide bonds. The van der Waals surface area contributed by atoms with Crippen molar-refractivity contribution in [2.75, 3.05) is 13.1 Å². The first kappa shape index (κ1) is 12.8. The van der Waals surface area contributed by atoms with Crippen LogP contribution in [0.2, 0.25) is 0 Å². The molecule has 2 unspecified atom stereocenters. The van der Waals surface area contributed by atoms with Crippen LogP contribution < -0.4 is 0 Å². The van der Waals surface area contributed by atoms with Gasteiger partial charge in [-0.1, -0.05) is 20.8 Å². The molecule has 0 aliphatic rings. The molecule has 0 aromatic carbocycles. The normalized spacial score (nSPS) is 17.1. The predicted octanol–water partition coefficient (Wildman–Crippen LogP) is 1.45. The first-order valence-electron chi connectivity index (χ1n) is 4.58. The van der Waals surface area contributed by atoms with Crippen LogP contribution in [-0.4, -0.2) is 22.9 Å². The molecule has 0 fully saturated rings. The SMILES string of the molecule is CC(C[N+](=O)[O-])C(C)[C@H](C)C[N+](=O)[O-]. The van der Waals surface area contributed by atoms with Crippen LogP contribution in [0, 0.1) is 38.0 Å². The van der Waals surface area contributed by atoms with E-state index in [9.17, 15) is 20.2 Å². The third-order valence-corrected chi connectivity index (χ3v) is 2.67. The van der Waals surface area contributed by atoms with Crippen LogP contribution in [-0.2, 0) is 0 Å². The number of hydrogen-bond acceptors (Lipinski definition) is 4. The van der Waals surface area contributed by atoms with Gasteiger partial charge < -0.3 is 0 Å². The summed E-state index contributed by atoms with van der Waals surface area (Å²) in [4.78, 5) is 19.7. The van der Waals surface area contributed by atoms with Gasteiger partial charge in [-0.25, -0.2) is 0 Å². The van der Waals surface area contributed by atoms with Gasteiger partial charge in [0.05, 0.1) is 0 Å². The number of hydrogen-bond donors (Lipinski definition) is 0. The molecule has 0 rings (SSSR count). The Morgan fingerprint density at radius 2 is 1.21 bits per heavy atom. The second kappa shape index (κ2) is 5.51. The molecule has 0 aliphatic heterocycles. The van der Waals surface area contributed by atoms with Crippen molar-refractivity contribution in [3.8, 4) is 0 Å². The zero-order valence-electron chi connectivity index (χ0n) is 8.67. The highest BCUT2D eigenvalue weighted by atomic mass is 16.6. The summed E-state index contributed by atoms with van der Waals surface area (Å²) in [5.74, 6) is -0.259. The molecule has 0 radical (unpaired) electrons. The molecule has 0 aromatic rings. The lowest BCUT2D eigenvalue weighted by Gasteiger charge is -2.20. The first-order valence-corrected chi connectivity index (χ1v) is 4.58. The van der Waals surface area contributed by atoms with Gasteiger partial charge in [0.15, 0.2) is 0 Å². The van der Waals surface area contributed by atoms with E-state index in [1.165, 1.54) is 0 Å². The van der Waals surface area contributed by atoms with Crippen LogP contribution >= 0.6 is 0 Å². The van der Waals surface area contributed by atoms with Gasteiger partial charge in [0.1, 0.15) is 0 Å². The molecule has 0 saturated carbocycles. The number of nitro groups is 2. The van der Waals surface area contributed by atoms with Crippen LogP contribution in [0.1, 0.15) is 20.8 Å². The molecule has 6 nitrogen and oxygen atoms in total. The third kappa shape index (κ3) is 4.74. The van der Waals surface area contributed by atoms with Crippen LogP contribution in [0.15, 0.2) is 0 Å². The van der Waals surface area contributed by atoms with Gasteiger partial charge in [0.2, 0.25) is 13.1 Å². The fourth-order valence-electron chi connectivity index (χ4n) is 1.36. The summed E-state index contributed by atoms with van der Waals surface area (Å²) in [5.41, 5.74) is 0. The molecule has 0 aromatic heterocycles. The zero-order chi connectivity index (χ0) is 11.3. The lowest BCUT2D eigenvalue weighted by Crippen LogP contribution is -2.27. The molecular formula is C8H16N2O4. The summed E-state index contributed by atoms with van der Waals surface area (Å²) < 4.78 is 0. The van der Waals surface area contributed by atoms with Crippen LogP contribution in [0.25, 0.3) is 0 Å². The van der Waals surface area contributed by atoms with E-state index in [1.807, 2.05) is 6.92 Å². The Morgan fingerprint density at radius 3 is 1.43 bits per heavy atom. The summed E-state index contributed by atoms with van der Waals surface area (Å²) in [6, 6.07) is 0. The second-order valence-electron chi connectivity index (χ2n) is 3.84. The Morgan fingerprint density at radius 1 is 0.929 bits per heavy atom. The smallest absolute Gasteiger partial charge is 0.206 e. The molecule has 14 heavy (non-hydrogen) atoms. The minimum atomic E-state index is -0.375. The van der Waals surface area contributed by atoms with Gasteiger partial charge in [-0.15, -0.1) is 0 Å². The molecule has 3 atom stereocenters. The van der Waals surface area contributed by atoms with E-state index in [4.69, 9.17) is 0 Å². The largest absolute Gasteiger partial charge is 0.265 e. The molecule has 0 saturated heterocycles. The van der Waals surface area contributed by atoms with E-state index in [2.05, 4.69) is 0 Å². The average Bonchev–Trinajstić information content (AvgIpc) is 2.00. The lowest BCUT2D eigenvalue weighted by atomic mass is 9.85. The summed E-state index contributed by atoms with van der Waals surface area (Å²) >= 11 is 0. The maximum absolute atomic E-state index is 10.2. The summed E-state index contributed by atoms with van der Waals surface area (Å²) in [6.07, 6.45) is 0. The van der Waals surface area contributed by atoms with Gasteiger partial charge in [-0.3, -0.25) is 20.2 Å². The van der Waals surface area contributed by atoms with Gasteiger partial charge >= 0.3 is 0 Å². The minimum Gasteiger partial charge on any atom is -0.265 e. The van der Waals surface area contributed by atoms with Crippen molar-refractivity contribution < 1.29 is 9.85 Å². The maximum Gasteiger partial charge on any atom is 0.206 e. The highest BCUT2D eigenvalue weighted by Crippen LogP contribution is 2.20. The molecule has 0 N–H and O–H groups in total. The Bertz CT molecular complexity index is 197. The molecule has 82 valence electrons. The van der Waals surface area contributed by atoms with Crippen molar-refractivity contribution in [1.82, 2.24) is 0 Å². The fourth-order valence-corrected chi connectivity index (χ4v) is 1.36. The molecule has 0 aliphatic carbocycles. The van der Waals surface area contributed by atoms with E-state index in [-0.39, 0.29) is 40.7 Å². The van der Waals surface area contributed by atoms with Gasteiger partial charge in [0.25, 0.3) is 0 Å². The van der Waals surface area contributed by atoms with Crippen molar-refractivity contribution in [3.05, 3.63) is 20.2 Å². The minimum absolute atomic E-state index is 0.00852. The second-order valence-corrected chi connectivity index (χ2v) is 3.84. The van der Waals surface area contributed by atoms with Gasteiger partial charge in [-0.05, 0) is 5.92 Å². The van der Waals surface area contributed by atoms with Gasteiger partial charge in [-0.2, -0.15) is 0 Å². The number of rotatable bonds is 6. The van der Waals surface area contributed by atoms with E-state index in [0.29, 0.717) is 0 Å². The summed E-state index contributed by atoms with van der Waals surface area (Å²) in [5, 5.41) is 20.5. The molecule has 0 bridgehead atoms. The average molecular weight is 204 g/mol. The highest BCUT2D eigenvalue weighted by Gasteiger charge is 2.25. The topological polar surface area (TPSA) is 86.3 Å². The third-order valence-electron chi connectivity index (χ3n) is 2.67. The van der Waals surface area contributed by atoms with Crippen molar-refractivity contribution in [2.45, 2.75) is 20.8 Å². The Kier molecular flexibility index (Phi) is 5.04. The fraction of sp³-hybridized carbons (Fsp3) is 1.00. The Hall–Kier alpha value is -1.20. The van der Waals surface area contributed by atoms with Crippen LogP contribution in [0.3, 0.4) is 0 Å². The highest BCUT2D eigenvalue weighted by molar-refractivity contribution is 4.66. The predicted molar refractivity (Wildman–Crippen MR) is 51.2 cm³/mol. The maximum atomic E-state index is 10.2. The van der Waals surface area contributed by atoms with Crippen LogP contribution in [0.5, 0.6) is 0 Å². The molecule has 0 spiro atoms. The summed E-state index contributed by atoms with van der Waals surface area (Å²) in [6.45, 7) is 5.09. The van der Waals surface area contributed by atoms with E-state index in [0.717, 1.165) is 0 Å². The van der Waals surface area contributed by atoms with E-state index in [1.54, 1.807) is 13.8 Å². The first-order chi connectivity index (χ1) is 6.34. The lowest BCUT2D eigenvalue weighted by molar-refractivity contribution is -0.497. The van der Waals surface area contributed by atoms with Crippen molar-refractivity contribution in [2.24, 2.45) is 17.8 Å². The van der Waals surface area contributed by atoms with Crippen molar-refractivity contribution >= 4 is 0 Å². The monoisotopic (exact) mass is 204 g/mol. The molecule has 0 heterocycles. The number of nitrogens with zero attached hydrogens (tertiary/aromatic N) is 2. The quantitative estimate of drug-likeness (QED) is 0.484. The zero-order valence-corrected chi connectivity index (χ0v) is 8.67. The van der Waals surface area contributed by atoms with E-state index < -0.39 is 0 Å². The Labute approximate surface area is 82.6 Å². The molecular weight excluding hydrogens is 188 g/mol. The van der Waals surface area contributed by atoms with Gasteiger partial charge in [0, 0.05) is 21.7 Å². The summed E-state index contributed by atoms with van der Waals surface area (Å²) in [7, 11) is 0. The van der Waals surface area contributed by atoms with Crippen molar-refractivity contribution in [3.63, 3.8) is 0 Å². The standard InChI is InChI=1S/C8H16N2O4/c1-6(4-9(11)12)8(3)7(2)5-10(13)14/h6-8H,4-5H2,1-3H3/t6-,7?,8?/m1/s1. The van der Waals surface area contributed by atoms with Crippen molar-refractivity contribution in [1.29, 1.82) is 0 Å². The Balaban J connectivity index is 4.09. The van der Waals surface area contributed by atoms with Crippen LogP contribution in [0.4, 0.5) is 0 Å². The molecule has 6 heteroatoms.